The van der Waals surface area contributed by atoms with Crippen LogP contribution in [0.1, 0.15) is 29.6 Å². The van der Waals surface area contributed by atoms with Gasteiger partial charge in [-0.15, -0.1) is 0 Å². The van der Waals surface area contributed by atoms with E-state index in [2.05, 4.69) is 16.9 Å². The lowest BCUT2D eigenvalue weighted by Crippen LogP contribution is -2.24. The molecule has 2 aromatic carbocycles. The molecular formula is C23H20N4O. The van der Waals surface area contributed by atoms with Crippen LogP contribution in [0.5, 0.6) is 0 Å². The molecule has 0 unspecified atom stereocenters. The Labute approximate surface area is 163 Å². The van der Waals surface area contributed by atoms with E-state index in [1.807, 2.05) is 75.6 Å². The van der Waals surface area contributed by atoms with Gasteiger partial charge in [0.05, 0.1) is 27.8 Å². The fraction of sp³-hybridized carbons (Fsp3) is 0.174. The number of para-hydroxylation sites is 1. The molecule has 2 heterocycles. The first kappa shape index (κ1) is 17.7. The first-order valence-electron chi connectivity index (χ1n) is 9.21. The minimum Gasteiger partial charge on any atom is -0.274 e. The normalized spacial score (nSPS) is 10.7. The zero-order chi connectivity index (χ0) is 19.7. The molecule has 0 amide bonds. The van der Waals surface area contributed by atoms with E-state index in [0.29, 0.717) is 22.9 Å². The van der Waals surface area contributed by atoms with Crippen molar-refractivity contribution in [3.63, 3.8) is 0 Å². The highest BCUT2D eigenvalue weighted by atomic mass is 16.1. The lowest BCUT2D eigenvalue weighted by Gasteiger charge is -2.13. The molecule has 0 aliphatic heterocycles. The van der Waals surface area contributed by atoms with Gasteiger partial charge < -0.3 is 0 Å². The number of rotatable bonds is 2. The molecule has 4 rings (SSSR count). The average molecular weight is 368 g/mol. The van der Waals surface area contributed by atoms with Crippen LogP contribution < -0.4 is 5.56 Å². The zero-order valence-electron chi connectivity index (χ0n) is 16.1. The standard InChI is InChI=1S/C23H20N4O/c1-4-21-24-20-12-8-9-17(13-14-18-15-26(3)25-16(18)2)22(20)23(28)27(21)19-10-6-5-7-11-19/h5-12,15H,4H2,1-3H3. The highest BCUT2D eigenvalue weighted by Gasteiger charge is 2.13. The van der Waals surface area contributed by atoms with Crippen LogP contribution in [-0.2, 0) is 13.5 Å². The topological polar surface area (TPSA) is 52.7 Å². The van der Waals surface area contributed by atoms with E-state index in [0.717, 1.165) is 22.8 Å². The second-order valence-electron chi connectivity index (χ2n) is 6.61. The molecule has 0 bridgehead atoms. The number of nitrogens with zero attached hydrogens (tertiary/aromatic N) is 4. The zero-order valence-corrected chi connectivity index (χ0v) is 16.1. The van der Waals surface area contributed by atoms with Gasteiger partial charge in [-0.2, -0.15) is 5.10 Å². The minimum absolute atomic E-state index is 0.0964. The summed E-state index contributed by atoms with van der Waals surface area (Å²) in [6.45, 7) is 3.92. The van der Waals surface area contributed by atoms with Gasteiger partial charge in [0.15, 0.2) is 0 Å². The molecule has 0 spiro atoms. The van der Waals surface area contributed by atoms with Crippen molar-refractivity contribution >= 4 is 10.9 Å². The van der Waals surface area contributed by atoms with Crippen LogP contribution in [0, 0.1) is 18.8 Å². The van der Waals surface area contributed by atoms with Crippen molar-refractivity contribution in [2.45, 2.75) is 20.3 Å². The van der Waals surface area contributed by atoms with Gasteiger partial charge in [-0.25, -0.2) is 4.98 Å². The SMILES string of the molecule is CCc1nc2cccc(C#Cc3cn(C)nc3C)c2c(=O)n1-c1ccccc1. The Morgan fingerprint density at radius 2 is 1.75 bits per heavy atom. The Hall–Kier alpha value is -3.65. The molecule has 2 aromatic heterocycles. The van der Waals surface area contributed by atoms with Crippen LogP contribution in [0.25, 0.3) is 16.6 Å². The molecule has 5 nitrogen and oxygen atoms in total. The summed E-state index contributed by atoms with van der Waals surface area (Å²) in [7, 11) is 1.87. The number of benzene rings is 2. The second-order valence-corrected chi connectivity index (χ2v) is 6.61. The van der Waals surface area contributed by atoms with Gasteiger partial charge in [-0.1, -0.05) is 43.0 Å². The Morgan fingerprint density at radius 3 is 2.43 bits per heavy atom. The lowest BCUT2D eigenvalue weighted by molar-refractivity contribution is 0.756. The van der Waals surface area contributed by atoms with Gasteiger partial charge >= 0.3 is 0 Å². The summed E-state index contributed by atoms with van der Waals surface area (Å²) in [6.07, 6.45) is 2.54. The molecule has 0 N–H and O–H groups in total. The number of aryl methyl sites for hydroxylation is 3. The number of hydrogen-bond donors (Lipinski definition) is 0. The second kappa shape index (κ2) is 7.16. The maximum atomic E-state index is 13.5. The van der Waals surface area contributed by atoms with E-state index >= 15 is 0 Å². The highest BCUT2D eigenvalue weighted by Crippen LogP contribution is 2.17. The largest absolute Gasteiger partial charge is 0.274 e. The van der Waals surface area contributed by atoms with Crippen LogP contribution in [0.4, 0.5) is 0 Å². The summed E-state index contributed by atoms with van der Waals surface area (Å²) in [4.78, 5) is 18.2. The molecule has 5 heteroatoms. The van der Waals surface area contributed by atoms with E-state index in [4.69, 9.17) is 4.98 Å². The van der Waals surface area contributed by atoms with E-state index < -0.39 is 0 Å². The Morgan fingerprint density at radius 1 is 1.00 bits per heavy atom. The van der Waals surface area contributed by atoms with Gasteiger partial charge in [0.1, 0.15) is 5.82 Å². The summed E-state index contributed by atoms with van der Waals surface area (Å²) in [5, 5.41) is 4.86. The highest BCUT2D eigenvalue weighted by molar-refractivity contribution is 5.84. The summed E-state index contributed by atoms with van der Waals surface area (Å²) in [6, 6.07) is 15.2. The van der Waals surface area contributed by atoms with Crippen molar-refractivity contribution in [3.05, 3.63) is 87.7 Å². The molecule has 0 atom stereocenters. The summed E-state index contributed by atoms with van der Waals surface area (Å²) >= 11 is 0. The van der Waals surface area contributed by atoms with Crippen molar-refractivity contribution in [1.29, 1.82) is 0 Å². The van der Waals surface area contributed by atoms with Crippen molar-refractivity contribution in [1.82, 2.24) is 19.3 Å². The van der Waals surface area contributed by atoms with Crippen molar-refractivity contribution in [2.75, 3.05) is 0 Å². The lowest BCUT2D eigenvalue weighted by atomic mass is 10.1. The minimum atomic E-state index is -0.0964. The fourth-order valence-electron chi connectivity index (χ4n) is 3.32. The van der Waals surface area contributed by atoms with Gasteiger partial charge in [0.25, 0.3) is 5.56 Å². The van der Waals surface area contributed by atoms with Gasteiger partial charge in [0.2, 0.25) is 0 Å². The summed E-state index contributed by atoms with van der Waals surface area (Å²) < 4.78 is 3.42. The third-order valence-electron chi connectivity index (χ3n) is 4.64. The molecule has 0 saturated carbocycles. The van der Waals surface area contributed by atoms with Gasteiger partial charge in [0, 0.05) is 25.2 Å². The quantitative estimate of drug-likeness (QED) is 0.510. The van der Waals surface area contributed by atoms with Crippen LogP contribution in [0.15, 0.2) is 59.5 Å². The van der Waals surface area contributed by atoms with Crippen LogP contribution in [0.3, 0.4) is 0 Å². The predicted octanol–water partition coefficient (Wildman–Crippen LogP) is 3.39. The molecule has 0 aliphatic carbocycles. The number of hydrogen-bond acceptors (Lipinski definition) is 3. The first-order chi connectivity index (χ1) is 13.6. The van der Waals surface area contributed by atoms with E-state index in [-0.39, 0.29) is 5.56 Å². The van der Waals surface area contributed by atoms with Gasteiger partial charge in [-0.3, -0.25) is 14.0 Å². The van der Waals surface area contributed by atoms with Crippen LogP contribution in [0.2, 0.25) is 0 Å². The van der Waals surface area contributed by atoms with E-state index in [1.54, 1.807) is 9.25 Å². The molecule has 0 radical (unpaired) electrons. The Balaban J connectivity index is 1.98. The van der Waals surface area contributed by atoms with Crippen molar-refractivity contribution in [2.24, 2.45) is 7.05 Å². The Kier molecular flexibility index (Phi) is 4.54. The molecule has 138 valence electrons. The summed E-state index contributed by atoms with van der Waals surface area (Å²) in [5.41, 5.74) is 3.77. The molecule has 4 aromatic rings. The monoisotopic (exact) mass is 368 g/mol. The molecule has 0 aliphatic rings. The fourth-order valence-corrected chi connectivity index (χ4v) is 3.32. The van der Waals surface area contributed by atoms with E-state index in [1.165, 1.54) is 0 Å². The smallest absolute Gasteiger partial charge is 0.267 e. The third-order valence-corrected chi connectivity index (χ3v) is 4.64. The molecule has 28 heavy (non-hydrogen) atoms. The number of fused-ring (bicyclic) bond motifs is 1. The Bertz CT molecular complexity index is 1290. The van der Waals surface area contributed by atoms with Crippen molar-refractivity contribution < 1.29 is 0 Å². The van der Waals surface area contributed by atoms with E-state index in [9.17, 15) is 4.79 Å². The van der Waals surface area contributed by atoms with Gasteiger partial charge in [-0.05, 0) is 31.2 Å². The van der Waals surface area contributed by atoms with Crippen LogP contribution >= 0.6 is 0 Å². The van der Waals surface area contributed by atoms with Crippen LogP contribution in [-0.4, -0.2) is 19.3 Å². The maximum Gasteiger partial charge on any atom is 0.267 e. The van der Waals surface area contributed by atoms with Crippen molar-refractivity contribution in [3.8, 4) is 17.5 Å². The molecule has 0 fully saturated rings. The first-order valence-corrected chi connectivity index (χ1v) is 9.21. The molecule has 0 saturated heterocycles. The third kappa shape index (κ3) is 3.10. The summed E-state index contributed by atoms with van der Waals surface area (Å²) in [5.74, 6) is 7.04. The average Bonchev–Trinajstić information content (AvgIpc) is 3.03. The molecular weight excluding hydrogens is 348 g/mol. The predicted molar refractivity (Wildman–Crippen MR) is 111 cm³/mol. The number of aromatic nitrogens is 4. The maximum absolute atomic E-state index is 13.5.